The second-order valence-corrected chi connectivity index (χ2v) is 6.18. The van der Waals surface area contributed by atoms with Gasteiger partial charge in [-0.05, 0) is 61.4 Å². The number of nitrogens with zero attached hydrogens (tertiary/aromatic N) is 1. The third-order valence-corrected chi connectivity index (χ3v) is 4.33. The Bertz CT molecular complexity index is 771. The summed E-state index contributed by atoms with van der Waals surface area (Å²) in [7, 11) is 0. The first-order valence-corrected chi connectivity index (χ1v) is 7.79. The van der Waals surface area contributed by atoms with E-state index in [0.29, 0.717) is 10.7 Å². The molecule has 1 aliphatic heterocycles. The molecule has 0 saturated carbocycles. The lowest BCUT2D eigenvalue weighted by atomic mass is 10.1. The van der Waals surface area contributed by atoms with E-state index in [0.717, 1.165) is 11.3 Å². The molecular weight excluding hydrogens is 312 g/mol. The van der Waals surface area contributed by atoms with Crippen LogP contribution in [0.1, 0.15) is 17.5 Å². The third-order valence-electron chi connectivity index (χ3n) is 4.08. The lowest BCUT2D eigenvalue weighted by Gasteiger charge is -2.16. The number of amides is 2. The lowest BCUT2D eigenvalue weighted by molar-refractivity contribution is -0.121. The summed E-state index contributed by atoms with van der Waals surface area (Å²) in [5.74, 6) is -0.450. The van der Waals surface area contributed by atoms with Crippen LogP contribution in [-0.2, 0) is 9.59 Å². The van der Waals surface area contributed by atoms with E-state index in [4.69, 9.17) is 11.6 Å². The number of nitrogens with one attached hydrogen (secondary N) is 1. The van der Waals surface area contributed by atoms with E-state index in [1.165, 1.54) is 10.5 Å². The minimum atomic E-state index is -0.541. The molecule has 1 aliphatic rings. The van der Waals surface area contributed by atoms with Crippen LogP contribution in [0.15, 0.2) is 42.5 Å². The van der Waals surface area contributed by atoms with E-state index >= 15 is 0 Å². The Morgan fingerprint density at radius 3 is 2.39 bits per heavy atom. The molecule has 0 bridgehead atoms. The SMILES string of the molecule is Cc1ccc(N[C@H]2CC(=O)N(c3ccc(Cl)cc3)C2=O)cc1C. The maximum absolute atomic E-state index is 12.6. The average molecular weight is 329 g/mol. The first kappa shape index (κ1) is 15.6. The van der Waals surface area contributed by atoms with Crippen LogP contribution >= 0.6 is 11.6 Å². The molecule has 23 heavy (non-hydrogen) atoms. The van der Waals surface area contributed by atoms with Gasteiger partial charge in [0, 0.05) is 10.7 Å². The highest BCUT2D eigenvalue weighted by atomic mass is 35.5. The summed E-state index contributed by atoms with van der Waals surface area (Å²) in [6, 6.07) is 12.1. The van der Waals surface area contributed by atoms with Crippen LogP contribution in [0.2, 0.25) is 5.02 Å². The van der Waals surface area contributed by atoms with Gasteiger partial charge in [-0.2, -0.15) is 0 Å². The van der Waals surface area contributed by atoms with Crippen molar-refractivity contribution >= 4 is 34.8 Å². The Morgan fingerprint density at radius 2 is 1.74 bits per heavy atom. The Labute approximate surface area is 140 Å². The van der Waals surface area contributed by atoms with Gasteiger partial charge in [-0.15, -0.1) is 0 Å². The maximum Gasteiger partial charge on any atom is 0.256 e. The average Bonchev–Trinajstić information content (AvgIpc) is 2.79. The third kappa shape index (κ3) is 3.08. The van der Waals surface area contributed by atoms with Gasteiger partial charge < -0.3 is 5.32 Å². The fraction of sp³-hybridized carbons (Fsp3) is 0.222. The van der Waals surface area contributed by atoms with Crippen molar-refractivity contribution in [3.63, 3.8) is 0 Å². The summed E-state index contributed by atoms with van der Waals surface area (Å²) >= 11 is 5.85. The van der Waals surface area contributed by atoms with Gasteiger partial charge in [-0.1, -0.05) is 17.7 Å². The van der Waals surface area contributed by atoms with Crippen molar-refractivity contribution < 1.29 is 9.59 Å². The molecule has 0 aromatic heterocycles. The lowest BCUT2D eigenvalue weighted by Crippen LogP contribution is -2.34. The number of hydrogen-bond acceptors (Lipinski definition) is 3. The Morgan fingerprint density at radius 1 is 1.04 bits per heavy atom. The number of aryl methyl sites for hydroxylation is 2. The van der Waals surface area contributed by atoms with Crippen molar-refractivity contribution in [1.82, 2.24) is 0 Å². The molecule has 3 rings (SSSR count). The molecule has 1 heterocycles. The van der Waals surface area contributed by atoms with E-state index in [2.05, 4.69) is 5.32 Å². The minimum Gasteiger partial charge on any atom is -0.373 e. The van der Waals surface area contributed by atoms with Crippen molar-refractivity contribution in [3.05, 3.63) is 58.6 Å². The van der Waals surface area contributed by atoms with Crippen LogP contribution in [-0.4, -0.2) is 17.9 Å². The van der Waals surface area contributed by atoms with Crippen molar-refractivity contribution in [2.45, 2.75) is 26.3 Å². The summed E-state index contributed by atoms with van der Waals surface area (Å²) in [6.07, 6.45) is 0.147. The molecule has 1 saturated heterocycles. The Hall–Kier alpha value is -2.33. The fourth-order valence-electron chi connectivity index (χ4n) is 2.64. The smallest absolute Gasteiger partial charge is 0.256 e. The molecule has 1 fully saturated rings. The van der Waals surface area contributed by atoms with Gasteiger partial charge >= 0.3 is 0 Å². The first-order chi connectivity index (χ1) is 11.0. The number of imide groups is 1. The standard InChI is InChI=1S/C18H17ClN2O2/c1-11-3-6-14(9-12(11)2)20-16-10-17(22)21(18(16)23)15-7-4-13(19)5-8-15/h3-9,16,20H,10H2,1-2H3/t16-/m0/s1. The fourth-order valence-corrected chi connectivity index (χ4v) is 2.76. The van der Waals surface area contributed by atoms with Crippen LogP contribution in [0.3, 0.4) is 0 Å². The van der Waals surface area contributed by atoms with Gasteiger partial charge in [0.25, 0.3) is 5.91 Å². The van der Waals surface area contributed by atoms with Crippen LogP contribution in [0.25, 0.3) is 0 Å². The van der Waals surface area contributed by atoms with Crippen molar-refractivity contribution in [2.75, 3.05) is 10.2 Å². The molecular formula is C18H17ClN2O2. The summed E-state index contributed by atoms with van der Waals surface area (Å²) < 4.78 is 0. The molecule has 2 aromatic carbocycles. The van der Waals surface area contributed by atoms with Crippen LogP contribution in [0.4, 0.5) is 11.4 Å². The van der Waals surface area contributed by atoms with Gasteiger partial charge in [-0.25, -0.2) is 4.90 Å². The van der Waals surface area contributed by atoms with Crippen molar-refractivity contribution in [3.8, 4) is 0 Å². The van der Waals surface area contributed by atoms with Gasteiger partial charge in [-0.3, -0.25) is 9.59 Å². The summed E-state index contributed by atoms with van der Waals surface area (Å²) in [4.78, 5) is 26.0. The molecule has 0 spiro atoms. The van der Waals surface area contributed by atoms with Crippen molar-refractivity contribution in [1.29, 1.82) is 0 Å². The molecule has 2 amide bonds. The van der Waals surface area contributed by atoms with E-state index < -0.39 is 6.04 Å². The normalized spacial score (nSPS) is 17.7. The molecule has 0 aliphatic carbocycles. The zero-order valence-electron chi connectivity index (χ0n) is 13.0. The molecule has 4 nitrogen and oxygen atoms in total. The molecule has 5 heteroatoms. The van der Waals surface area contributed by atoms with Gasteiger partial charge in [0.05, 0.1) is 12.1 Å². The van der Waals surface area contributed by atoms with Crippen molar-refractivity contribution in [2.24, 2.45) is 0 Å². The van der Waals surface area contributed by atoms with E-state index in [9.17, 15) is 9.59 Å². The molecule has 0 unspecified atom stereocenters. The van der Waals surface area contributed by atoms with E-state index in [-0.39, 0.29) is 18.2 Å². The predicted octanol–water partition coefficient (Wildman–Crippen LogP) is 3.70. The second-order valence-electron chi connectivity index (χ2n) is 5.74. The highest BCUT2D eigenvalue weighted by molar-refractivity contribution is 6.30. The minimum absolute atomic E-state index is 0.147. The maximum atomic E-state index is 12.6. The topological polar surface area (TPSA) is 49.4 Å². The van der Waals surface area contributed by atoms with E-state index in [1.54, 1.807) is 24.3 Å². The number of benzene rings is 2. The van der Waals surface area contributed by atoms with E-state index in [1.807, 2.05) is 32.0 Å². The van der Waals surface area contributed by atoms with Gasteiger partial charge in [0.15, 0.2) is 0 Å². The highest BCUT2D eigenvalue weighted by Crippen LogP contribution is 2.26. The Balaban J connectivity index is 1.80. The largest absolute Gasteiger partial charge is 0.373 e. The number of rotatable bonds is 3. The monoisotopic (exact) mass is 328 g/mol. The van der Waals surface area contributed by atoms with Gasteiger partial charge in [0.2, 0.25) is 5.91 Å². The number of hydrogen-bond donors (Lipinski definition) is 1. The molecule has 1 N–H and O–H groups in total. The number of halogens is 1. The number of carbonyl (C=O) groups is 2. The number of anilines is 2. The quantitative estimate of drug-likeness (QED) is 0.874. The number of carbonyl (C=O) groups excluding carboxylic acids is 2. The van der Waals surface area contributed by atoms with Crippen LogP contribution < -0.4 is 10.2 Å². The highest BCUT2D eigenvalue weighted by Gasteiger charge is 2.39. The van der Waals surface area contributed by atoms with Gasteiger partial charge in [0.1, 0.15) is 6.04 Å². The summed E-state index contributed by atoms with van der Waals surface area (Å²) in [5.41, 5.74) is 3.72. The zero-order valence-corrected chi connectivity index (χ0v) is 13.7. The molecule has 2 aromatic rings. The second kappa shape index (κ2) is 6.05. The summed E-state index contributed by atoms with van der Waals surface area (Å²) in [6.45, 7) is 4.05. The molecule has 1 atom stereocenters. The Kier molecular flexibility index (Phi) is 4.09. The molecule has 118 valence electrons. The first-order valence-electron chi connectivity index (χ1n) is 7.42. The van der Waals surface area contributed by atoms with Crippen LogP contribution in [0.5, 0.6) is 0 Å². The zero-order chi connectivity index (χ0) is 16.6. The molecule has 0 radical (unpaired) electrons. The predicted molar refractivity (Wildman–Crippen MR) is 91.9 cm³/mol. The summed E-state index contributed by atoms with van der Waals surface area (Å²) in [5, 5.41) is 3.73. The van der Waals surface area contributed by atoms with Crippen LogP contribution in [0, 0.1) is 13.8 Å².